The molecule has 0 aliphatic carbocycles. The summed E-state index contributed by atoms with van der Waals surface area (Å²) in [6.07, 6.45) is 3.73. The predicted octanol–water partition coefficient (Wildman–Crippen LogP) is 6.55. The van der Waals surface area contributed by atoms with E-state index in [1.165, 1.54) is 63.5 Å². The van der Waals surface area contributed by atoms with E-state index in [9.17, 15) is 8.42 Å². The Bertz CT molecular complexity index is 1630. The van der Waals surface area contributed by atoms with Gasteiger partial charge in [0, 0.05) is 49.9 Å². The Morgan fingerprint density at radius 2 is 1.28 bits per heavy atom. The van der Waals surface area contributed by atoms with Gasteiger partial charge in [-0.05, 0) is 72.1 Å². The highest BCUT2D eigenvalue weighted by molar-refractivity contribution is 7.85. The fourth-order valence-corrected chi connectivity index (χ4v) is 6.78. The summed E-state index contributed by atoms with van der Waals surface area (Å²) in [6.45, 7) is 24.3. The second-order valence-corrected chi connectivity index (χ2v) is 14.8. The molecule has 2 heterocycles. The molecule has 10 heteroatoms. The molecule has 2 aliphatic heterocycles. The number of rotatable bonds is 8. The lowest BCUT2D eigenvalue weighted by atomic mass is 9.79. The van der Waals surface area contributed by atoms with E-state index < -0.39 is 20.7 Å². The quantitative estimate of drug-likeness (QED) is 0.200. The molecule has 2 aliphatic rings. The van der Waals surface area contributed by atoms with Crippen LogP contribution in [0.4, 0.5) is 11.4 Å². The molecule has 0 radical (unpaired) electrons. The normalized spacial score (nSPS) is 16.2. The Hall–Kier alpha value is -2.69. The van der Waals surface area contributed by atoms with E-state index in [-0.39, 0.29) is 16.6 Å². The minimum Gasteiger partial charge on any atom is -0.286 e. The van der Waals surface area contributed by atoms with Gasteiger partial charge in [-0.15, -0.1) is 12.6 Å². The average molecular weight is 635 g/mol. The molecule has 8 nitrogen and oxygen atoms in total. The fraction of sp³-hybridized carbons (Fsp3) is 0.576. The van der Waals surface area contributed by atoms with Gasteiger partial charge in [0.1, 0.15) is 13.1 Å². The van der Waals surface area contributed by atoms with Gasteiger partial charge in [0.05, 0.1) is 16.6 Å². The van der Waals surface area contributed by atoms with Crippen LogP contribution in [0.5, 0.6) is 0 Å². The maximum Gasteiger partial charge on any atom is 0.425 e. The van der Waals surface area contributed by atoms with Crippen molar-refractivity contribution in [3.63, 3.8) is 0 Å². The molecule has 0 atom stereocenters. The van der Waals surface area contributed by atoms with Crippen molar-refractivity contribution in [1.82, 2.24) is 0 Å². The first-order valence-corrected chi connectivity index (χ1v) is 17.5. The van der Waals surface area contributed by atoms with Crippen molar-refractivity contribution in [3.05, 3.63) is 58.1 Å². The summed E-state index contributed by atoms with van der Waals surface area (Å²) in [5.74, 6) is -0.163. The molecule has 0 spiro atoms. The second kappa shape index (κ2) is 14.4. The smallest absolute Gasteiger partial charge is 0.286 e. The molecule has 0 fully saturated rings. The first-order chi connectivity index (χ1) is 19.7. The van der Waals surface area contributed by atoms with Crippen LogP contribution < -0.4 is 0 Å². The summed E-state index contributed by atoms with van der Waals surface area (Å²) >= 11 is 0. The minimum atomic E-state index is -3.85. The van der Waals surface area contributed by atoms with E-state index in [1.54, 1.807) is 0 Å². The number of fused-ring (bicyclic) bond motifs is 2. The second-order valence-electron chi connectivity index (χ2n) is 12.8. The van der Waals surface area contributed by atoms with Crippen molar-refractivity contribution in [2.45, 2.75) is 106 Å². The lowest BCUT2D eigenvalue weighted by Crippen LogP contribution is -2.27. The third-order valence-electron chi connectivity index (χ3n) is 8.88. The first-order valence-electron chi connectivity index (χ1n) is 14.9. The van der Waals surface area contributed by atoms with E-state index in [0.717, 1.165) is 19.5 Å². The Morgan fingerprint density at radius 3 is 1.84 bits per heavy atom. The Balaban J connectivity index is 0.000000269. The highest BCUT2D eigenvalue weighted by Crippen LogP contribution is 2.42. The number of hydrogen-bond acceptors (Lipinski definition) is 5. The van der Waals surface area contributed by atoms with Crippen LogP contribution in [-0.2, 0) is 31.6 Å². The monoisotopic (exact) mass is 634 g/mol. The van der Waals surface area contributed by atoms with E-state index in [0.29, 0.717) is 6.42 Å². The van der Waals surface area contributed by atoms with Crippen LogP contribution in [-0.4, -0.2) is 65.0 Å². The molecule has 43 heavy (non-hydrogen) atoms. The largest absolute Gasteiger partial charge is 0.425 e. The Kier molecular flexibility index (Phi) is 12.2. The molecule has 0 saturated heterocycles. The van der Waals surface area contributed by atoms with Crippen LogP contribution in [0, 0.1) is 20.8 Å². The lowest BCUT2D eigenvalue weighted by Gasteiger charge is -2.17. The van der Waals surface area contributed by atoms with Crippen LogP contribution in [0.1, 0.15) is 102 Å². The predicted molar refractivity (Wildman–Crippen MR) is 174 cm³/mol. The summed E-state index contributed by atoms with van der Waals surface area (Å²) in [4.78, 5) is 0. The first kappa shape index (κ1) is 36.5. The number of hydrogen-bond donors (Lipinski definition) is 1. The average Bonchev–Trinajstić information content (AvgIpc) is 3.17. The third-order valence-corrected chi connectivity index (χ3v) is 9.68. The van der Waals surface area contributed by atoms with Gasteiger partial charge in [0.2, 0.25) is 11.4 Å². The van der Waals surface area contributed by atoms with Gasteiger partial charge < -0.3 is 0 Å². The molecule has 0 saturated carbocycles. The zero-order valence-electron chi connectivity index (χ0n) is 27.5. The summed E-state index contributed by atoms with van der Waals surface area (Å²) < 4.78 is 60.5. The van der Waals surface area contributed by atoms with E-state index in [4.69, 9.17) is 17.2 Å². The van der Waals surface area contributed by atoms with E-state index in [1.807, 2.05) is 0 Å². The van der Waals surface area contributed by atoms with Gasteiger partial charge in [-0.1, -0.05) is 31.0 Å². The van der Waals surface area contributed by atoms with Crippen LogP contribution in [0.15, 0.2) is 30.3 Å². The topological polar surface area (TPSA) is 112 Å². The van der Waals surface area contributed by atoms with E-state index >= 15 is 0 Å². The van der Waals surface area contributed by atoms with Crippen molar-refractivity contribution in [2.24, 2.45) is 0 Å². The maximum atomic E-state index is 10.8. The molecule has 0 amide bonds. The van der Waals surface area contributed by atoms with Gasteiger partial charge in [-0.2, -0.15) is 17.6 Å². The molecule has 0 aromatic heterocycles. The van der Waals surface area contributed by atoms with Crippen molar-refractivity contribution < 1.29 is 34.7 Å². The van der Waals surface area contributed by atoms with Gasteiger partial charge in [-0.25, -0.2) is 0 Å². The zero-order chi connectivity index (χ0) is 32.9. The molecule has 2 aromatic carbocycles. The number of nitrogens with zero attached hydrogens (tertiary/aromatic N) is 2. The summed E-state index contributed by atoms with van der Waals surface area (Å²) in [7, 11) is -6.96. The maximum absolute atomic E-state index is 10.8. The van der Waals surface area contributed by atoms with Crippen LogP contribution in [0.25, 0.3) is 0 Å². The van der Waals surface area contributed by atoms with Crippen molar-refractivity contribution in [3.8, 4) is 0 Å². The summed E-state index contributed by atoms with van der Waals surface area (Å²) in [6, 6.07) is 11.2. The van der Waals surface area contributed by atoms with Crippen molar-refractivity contribution >= 4 is 43.5 Å². The minimum absolute atomic E-state index is 0.00437. The number of aryl methyl sites for hydroxylation is 3. The summed E-state index contributed by atoms with van der Waals surface area (Å²) in [5, 5.41) is 0. The molecular formula is C33H50N2O6S2+2. The van der Waals surface area contributed by atoms with Crippen molar-refractivity contribution in [2.75, 3.05) is 18.8 Å². The third kappa shape index (κ3) is 8.92. The number of benzene rings is 2. The van der Waals surface area contributed by atoms with Crippen LogP contribution in [0.2, 0.25) is 0 Å². The molecule has 0 bridgehead atoms. The number of unbranched alkanes of at least 4 members (excludes halogenated alkanes) is 2. The molecule has 0 unspecified atom stereocenters. The van der Waals surface area contributed by atoms with Gasteiger partial charge in [0.15, 0.2) is 11.4 Å². The summed E-state index contributed by atoms with van der Waals surface area (Å²) in [5.41, 5.74) is 12.6. The molecule has 2 aromatic rings. The van der Waals surface area contributed by atoms with Gasteiger partial charge >= 0.3 is 10.6 Å². The van der Waals surface area contributed by atoms with Gasteiger partial charge in [0.25, 0.3) is 10.1 Å². The Morgan fingerprint density at radius 1 is 0.744 bits per heavy atom. The van der Waals surface area contributed by atoms with Crippen LogP contribution in [0.3, 0.4) is 0 Å². The fourth-order valence-electron chi connectivity index (χ4n) is 6.22. The molecular weight excluding hydrogens is 585 g/mol. The van der Waals surface area contributed by atoms with Crippen LogP contribution >= 0.6 is 0 Å². The lowest BCUT2D eigenvalue weighted by molar-refractivity contribution is -0.439. The van der Waals surface area contributed by atoms with E-state index in [2.05, 4.69) is 109 Å². The molecule has 238 valence electrons. The molecule has 4 rings (SSSR count). The highest BCUT2D eigenvalue weighted by atomic mass is 32.2. The standard InChI is InChI=1S/C17H26N.C16H23NO3S.O3S/c1-7-8-9-18-14(4)17(5,6)16-13(3)10-12(2)11-15(16)18;1-12-7-8-15-14(11-12)16(3,4)13(2)17(15)9-5-6-10-21(18,19)20;1-4(2)3/h10-11H,7-9H2,1-6H3;7-8,11H,5-6,9-10H2,1-4H3;/q+1;;/p+1. The zero-order valence-corrected chi connectivity index (χ0v) is 29.2. The highest BCUT2D eigenvalue weighted by Gasteiger charge is 2.44. The molecule has 1 N–H and O–H groups in total. The van der Waals surface area contributed by atoms with Crippen molar-refractivity contribution in [1.29, 1.82) is 0 Å². The van der Waals surface area contributed by atoms with Gasteiger partial charge in [-0.3, -0.25) is 4.55 Å². The Labute approximate surface area is 260 Å². The SMILES string of the molecule is CC1=[N+](CCCCS(=O)(=O)O)c2ccc(C)cc2C1(C)C.CCCC[N+]1=C(C)C(C)(C)c2c(C)cc(C)cc21.O=S(=O)=O.